The predicted molar refractivity (Wildman–Crippen MR) is 92.5 cm³/mol. The maximum Gasteiger partial charge on any atom is 0.230 e. The number of carbonyl (C=O) groups is 1. The van der Waals surface area contributed by atoms with Gasteiger partial charge in [-0.3, -0.25) is 9.89 Å². The van der Waals surface area contributed by atoms with Gasteiger partial charge in [0.05, 0.1) is 6.42 Å². The molecule has 0 bridgehead atoms. The summed E-state index contributed by atoms with van der Waals surface area (Å²) in [5.41, 5.74) is 1.38. The number of hydrogen-bond acceptors (Lipinski definition) is 4. The molecule has 1 fully saturated rings. The second-order valence-electron chi connectivity index (χ2n) is 6.44. The minimum Gasteiger partial charge on any atom is -0.342 e. The molecule has 2 heterocycles. The Morgan fingerprint density at radius 3 is 2.71 bits per heavy atom. The van der Waals surface area contributed by atoms with Gasteiger partial charge in [0, 0.05) is 25.7 Å². The van der Waals surface area contributed by atoms with E-state index in [1.807, 2.05) is 4.90 Å². The van der Waals surface area contributed by atoms with Crippen molar-refractivity contribution in [3.63, 3.8) is 0 Å². The number of likely N-dealkylation sites (tertiary alicyclic amines) is 1. The van der Waals surface area contributed by atoms with Crippen LogP contribution in [0.4, 0.5) is 0 Å². The molecular formula is C18H25N5O. The lowest BCUT2D eigenvalue weighted by molar-refractivity contribution is -0.132. The van der Waals surface area contributed by atoms with E-state index >= 15 is 0 Å². The van der Waals surface area contributed by atoms with E-state index in [2.05, 4.69) is 57.5 Å². The van der Waals surface area contributed by atoms with Crippen molar-refractivity contribution in [1.82, 2.24) is 25.0 Å². The summed E-state index contributed by atoms with van der Waals surface area (Å²) >= 11 is 0. The number of amides is 1. The van der Waals surface area contributed by atoms with Crippen LogP contribution in [0.15, 0.2) is 36.7 Å². The molecule has 24 heavy (non-hydrogen) atoms. The van der Waals surface area contributed by atoms with Crippen molar-refractivity contribution >= 4 is 5.91 Å². The summed E-state index contributed by atoms with van der Waals surface area (Å²) in [5.74, 6) is 0.777. The van der Waals surface area contributed by atoms with Gasteiger partial charge in [-0.25, -0.2) is 4.98 Å². The van der Waals surface area contributed by atoms with Crippen LogP contribution in [0.5, 0.6) is 0 Å². The Balaban J connectivity index is 1.41. The molecule has 1 amide bonds. The summed E-state index contributed by atoms with van der Waals surface area (Å²) in [6.07, 6.45) is 4.90. The van der Waals surface area contributed by atoms with E-state index in [9.17, 15) is 4.79 Å². The molecule has 0 atom stereocenters. The zero-order chi connectivity index (χ0) is 16.8. The van der Waals surface area contributed by atoms with Gasteiger partial charge in [0.25, 0.3) is 0 Å². The van der Waals surface area contributed by atoms with Crippen molar-refractivity contribution in [1.29, 1.82) is 0 Å². The summed E-state index contributed by atoms with van der Waals surface area (Å²) in [6, 6.07) is 11.2. The molecular weight excluding hydrogens is 302 g/mol. The van der Waals surface area contributed by atoms with Crippen molar-refractivity contribution in [2.75, 3.05) is 26.7 Å². The summed E-state index contributed by atoms with van der Waals surface area (Å²) in [6.45, 7) is 2.71. The molecule has 0 aliphatic carbocycles. The molecule has 1 aliphatic rings. The number of likely N-dealkylation sites (N-methyl/N-ethyl adjacent to an activating group) is 1. The van der Waals surface area contributed by atoms with Crippen LogP contribution in [0.2, 0.25) is 0 Å². The first-order valence-corrected chi connectivity index (χ1v) is 8.58. The van der Waals surface area contributed by atoms with E-state index < -0.39 is 0 Å². The molecule has 2 aromatic rings. The standard InChI is InChI=1S/C18H25N5O/c1-22(10-7-15-5-3-2-4-6-15)16-8-11-23(12-9-16)18(24)13-17-19-14-20-21-17/h2-6,14,16H,7-13H2,1H3,(H,19,20,21). The molecule has 1 aromatic carbocycles. The van der Waals surface area contributed by atoms with Gasteiger partial charge < -0.3 is 9.80 Å². The second kappa shape index (κ2) is 8.06. The van der Waals surface area contributed by atoms with Gasteiger partial charge >= 0.3 is 0 Å². The van der Waals surface area contributed by atoms with Gasteiger partial charge in [-0.2, -0.15) is 5.10 Å². The van der Waals surface area contributed by atoms with Crippen molar-refractivity contribution in [3.8, 4) is 0 Å². The minimum atomic E-state index is 0.136. The Morgan fingerprint density at radius 2 is 2.04 bits per heavy atom. The number of nitrogens with zero attached hydrogens (tertiary/aromatic N) is 4. The lowest BCUT2D eigenvalue weighted by atomic mass is 10.0. The van der Waals surface area contributed by atoms with Gasteiger partial charge in [0.1, 0.15) is 12.2 Å². The highest BCUT2D eigenvalue weighted by molar-refractivity contribution is 5.78. The Hall–Kier alpha value is -2.21. The topological polar surface area (TPSA) is 65.1 Å². The molecule has 0 saturated carbocycles. The molecule has 1 saturated heterocycles. The monoisotopic (exact) mass is 327 g/mol. The second-order valence-corrected chi connectivity index (χ2v) is 6.44. The third-order valence-corrected chi connectivity index (χ3v) is 4.82. The Labute approximate surface area is 142 Å². The summed E-state index contributed by atoms with van der Waals surface area (Å²) in [7, 11) is 2.19. The fraction of sp³-hybridized carbons (Fsp3) is 0.500. The van der Waals surface area contributed by atoms with Crippen LogP contribution in [-0.2, 0) is 17.6 Å². The van der Waals surface area contributed by atoms with E-state index in [4.69, 9.17) is 0 Å². The Kier molecular flexibility index (Phi) is 5.59. The van der Waals surface area contributed by atoms with Crippen LogP contribution in [0.1, 0.15) is 24.2 Å². The predicted octanol–water partition coefficient (Wildman–Crippen LogP) is 1.51. The van der Waals surface area contributed by atoms with E-state index in [-0.39, 0.29) is 5.91 Å². The molecule has 6 heteroatoms. The number of aromatic nitrogens is 3. The average Bonchev–Trinajstić information content (AvgIpc) is 3.13. The zero-order valence-electron chi connectivity index (χ0n) is 14.2. The third kappa shape index (κ3) is 4.41. The summed E-state index contributed by atoms with van der Waals surface area (Å²) < 4.78 is 0. The Bertz CT molecular complexity index is 620. The maximum absolute atomic E-state index is 12.3. The van der Waals surface area contributed by atoms with Crippen molar-refractivity contribution < 1.29 is 4.79 Å². The highest BCUT2D eigenvalue weighted by atomic mass is 16.2. The molecule has 1 N–H and O–H groups in total. The number of nitrogens with one attached hydrogen (secondary N) is 1. The molecule has 3 rings (SSSR count). The van der Waals surface area contributed by atoms with Crippen molar-refractivity contribution in [2.45, 2.75) is 31.7 Å². The highest BCUT2D eigenvalue weighted by Gasteiger charge is 2.25. The Morgan fingerprint density at radius 1 is 1.29 bits per heavy atom. The van der Waals surface area contributed by atoms with Crippen molar-refractivity contribution in [2.24, 2.45) is 0 Å². The number of hydrogen-bond donors (Lipinski definition) is 1. The van der Waals surface area contributed by atoms with Crippen LogP contribution in [-0.4, -0.2) is 63.6 Å². The first-order valence-electron chi connectivity index (χ1n) is 8.58. The average molecular weight is 327 g/mol. The molecule has 1 aliphatic heterocycles. The van der Waals surface area contributed by atoms with Crippen molar-refractivity contribution in [3.05, 3.63) is 48.0 Å². The lowest BCUT2D eigenvalue weighted by Gasteiger charge is -2.36. The van der Waals surface area contributed by atoms with Gasteiger partial charge in [-0.05, 0) is 31.9 Å². The van der Waals surface area contributed by atoms with Gasteiger partial charge in [-0.1, -0.05) is 30.3 Å². The van der Waals surface area contributed by atoms with Gasteiger partial charge in [0.15, 0.2) is 0 Å². The molecule has 0 radical (unpaired) electrons. The van der Waals surface area contributed by atoms with Crippen LogP contribution >= 0.6 is 0 Å². The molecule has 128 valence electrons. The van der Waals surface area contributed by atoms with Crippen LogP contribution in [0.3, 0.4) is 0 Å². The van der Waals surface area contributed by atoms with E-state index in [1.165, 1.54) is 11.9 Å². The lowest BCUT2D eigenvalue weighted by Crippen LogP contribution is -2.46. The number of H-pyrrole nitrogens is 1. The summed E-state index contributed by atoms with van der Waals surface area (Å²) in [5, 5.41) is 6.54. The number of rotatable bonds is 6. The number of carbonyl (C=O) groups excluding carboxylic acids is 1. The molecule has 0 unspecified atom stereocenters. The SMILES string of the molecule is CN(CCc1ccccc1)C1CCN(C(=O)Cc2ncn[nH]2)CC1. The maximum atomic E-state index is 12.3. The number of benzene rings is 1. The van der Waals surface area contributed by atoms with Gasteiger partial charge in [-0.15, -0.1) is 0 Å². The van der Waals surface area contributed by atoms with E-state index in [0.717, 1.165) is 38.9 Å². The molecule has 0 spiro atoms. The quantitative estimate of drug-likeness (QED) is 0.873. The first kappa shape index (κ1) is 16.6. The molecule has 6 nitrogen and oxygen atoms in total. The first-order chi connectivity index (χ1) is 11.7. The largest absolute Gasteiger partial charge is 0.342 e. The number of aromatic amines is 1. The fourth-order valence-corrected chi connectivity index (χ4v) is 3.26. The van der Waals surface area contributed by atoms with Crippen LogP contribution in [0, 0.1) is 0 Å². The van der Waals surface area contributed by atoms with Crippen LogP contribution in [0.25, 0.3) is 0 Å². The van der Waals surface area contributed by atoms with Crippen LogP contribution < -0.4 is 0 Å². The fourth-order valence-electron chi connectivity index (χ4n) is 3.26. The highest BCUT2D eigenvalue weighted by Crippen LogP contribution is 2.16. The molecule has 1 aromatic heterocycles. The normalized spacial score (nSPS) is 15.8. The summed E-state index contributed by atoms with van der Waals surface area (Å²) in [4.78, 5) is 20.7. The van der Waals surface area contributed by atoms with Gasteiger partial charge in [0.2, 0.25) is 5.91 Å². The number of piperidine rings is 1. The third-order valence-electron chi connectivity index (χ3n) is 4.82. The van der Waals surface area contributed by atoms with E-state index in [1.54, 1.807) is 0 Å². The smallest absolute Gasteiger partial charge is 0.230 e. The minimum absolute atomic E-state index is 0.136. The van der Waals surface area contributed by atoms with E-state index in [0.29, 0.717) is 18.3 Å². The zero-order valence-corrected chi connectivity index (χ0v) is 14.2.